The number of carbonyl (C=O) groups excluding carboxylic acids is 1. The molecule has 560 valence electrons. The van der Waals surface area contributed by atoms with Crippen molar-refractivity contribution in [2.24, 2.45) is 26.6 Å². The number of carboxylic acid groups (broad SMARTS) is 1. The van der Waals surface area contributed by atoms with Crippen molar-refractivity contribution in [3.8, 4) is 40.0 Å². The topological polar surface area (TPSA) is 296 Å². The van der Waals surface area contributed by atoms with Gasteiger partial charge < -0.3 is 49.3 Å². The number of allylic oxidation sites excluding steroid dienone is 2. The molecule has 0 saturated heterocycles. The number of fused-ring (bicyclic) bond motifs is 2. The number of aryl methyl sites for hydroxylation is 4. The Morgan fingerprint density at radius 1 is 0.654 bits per heavy atom. The van der Waals surface area contributed by atoms with E-state index < -0.39 is 23.6 Å². The second-order valence-corrected chi connectivity index (χ2v) is 29.2. The van der Waals surface area contributed by atoms with Crippen LogP contribution in [0.3, 0.4) is 0 Å². The molecule has 0 radical (unpaired) electrons. The van der Waals surface area contributed by atoms with Crippen molar-refractivity contribution in [2.75, 3.05) is 50.7 Å². The van der Waals surface area contributed by atoms with E-state index in [0.717, 1.165) is 113 Å². The summed E-state index contributed by atoms with van der Waals surface area (Å²) in [5, 5.41) is 53.5. The minimum Gasteiger partial charge on any atom is -0.497 e. The molecule has 5 N–H and O–H groups in total. The molecule has 25 nitrogen and oxygen atoms in total. The third kappa shape index (κ3) is 20.7. The summed E-state index contributed by atoms with van der Waals surface area (Å²) < 4.78 is 34.0. The number of thioether (sulfide) groups is 2. The van der Waals surface area contributed by atoms with Crippen molar-refractivity contribution in [3.05, 3.63) is 237 Å². The number of Topliss-reactive ketones (excluding diaryl/α,β-unsaturated/α-hetero) is 1. The SMILES string of the molecule is CCOc1cc(CNCCSc2nnnn2C)cc(Cl)c1OCc1ccccc1Cl.COc1cc(CNCCSc2nnnn2C)cc(Cl)c1OCc1ccc(C)cc1.COc1ccc(-c2[nH]nc3c2C(c2ccccc2Cl)C2=C(CC(C)(C)CC2=O)N3)cc1.Cn1c(=O)c(=O)n(CC(=O)O)c2ccccc21. The smallest absolute Gasteiger partial charge is 0.323 e. The van der Waals surface area contributed by atoms with Crippen molar-refractivity contribution < 1.29 is 38.4 Å². The van der Waals surface area contributed by atoms with Gasteiger partial charge in [0.15, 0.2) is 34.6 Å². The third-order valence-corrected chi connectivity index (χ3v) is 20.4. The van der Waals surface area contributed by atoms with Crippen LogP contribution in [0.2, 0.25) is 20.1 Å². The standard InChI is InChI=1S/C25H24ClN3O2.C20H23Cl2N5O2S.C20H24ClN5O2S.C11H10N2O4/c1-25(2)12-18-21(19(30)13-25)20(16-6-4-5-7-17(16)26)22-23(28-29-24(22)27-18)14-8-10-15(31-3)11-9-14;1-3-28-18-11-14(12-23-8-9-30-20-24-25-26-27(20)2)10-17(22)19(18)29-13-15-6-4-5-7-16(15)21;1-14-4-6-15(7-5-14)13-28-19-17(21)10-16(11-18(19)27-3)12-22-8-9-29-20-23-24-25-26(20)2;1-12-7-4-2-3-5-8(7)13(6-9(14)15)11(17)10(12)16/h4-11,20H,12-13H2,1-3H3,(H2,27,28,29);4-7,10-11,23H,3,8-9,12-13H2,1-2H3;4-7,10-11,22H,8-9,12-13H2,1-3H3;2-5H,6H2,1H3,(H,14,15). The van der Waals surface area contributed by atoms with E-state index in [1.54, 1.807) is 71.4 Å². The molecule has 5 heterocycles. The number of rotatable bonds is 26. The monoisotopic (exact) mass is 1570 g/mol. The number of halogens is 4. The first-order chi connectivity index (χ1) is 51.5. The molecule has 13 rings (SSSR count). The first-order valence-electron chi connectivity index (χ1n) is 33.9. The van der Waals surface area contributed by atoms with Gasteiger partial charge in [0.2, 0.25) is 10.3 Å². The number of H-pyrrole nitrogens is 1. The molecule has 0 saturated carbocycles. The Balaban J connectivity index is 0.000000155. The summed E-state index contributed by atoms with van der Waals surface area (Å²) in [6, 6.07) is 45.7. The van der Waals surface area contributed by atoms with Crippen LogP contribution in [0.15, 0.2) is 177 Å². The lowest BCUT2D eigenvalue weighted by molar-refractivity contribution is -0.137. The number of ether oxygens (including phenoxy) is 5. The Labute approximate surface area is 646 Å². The fourth-order valence-corrected chi connectivity index (χ4v) is 14.4. The number of para-hydroxylation sites is 2. The number of hydrogen-bond donors (Lipinski definition) is 5. The van der Waals surface area contributed by atoms with Crippen LogP contribution in [0.4, 0.5) is 5.82 Å². The second-order valence-electron chi connectivity index (χ2n) is 25.5. The van der Waals surface area contributed by atoms with Crippen molar-refractivity contribution in [3.63, 3.8) is 0 Å². The number of nitrogens with zero attached hydrogens (tertiary/aromatic N) is 11. The first-order valence-corrected chi connectivity index (χ1v) is 37.4. The third-order valence-electron chi connectivity index (χ3n) is 17.1. The van der Waals surface area contributed by atoms with Gasteiger partial charge in [0.25, 0.3) is 0 Å². The van der Waals surface area contributed by atoms with Gasteiger partial charge in [0, 0.05) is 109 Å². The number of carboxylic acids is 1. The zero-order chi connectivity index (χ0) is 76.3. The van der Waals surface area contributed by atoms with Crippen LogP contribution < -0.4 is 50.8 Å². The molecule has 1 aliphatic heterocycles. The number of tetrazole rings is 2. The van der Waals surface area contributed by atoms with Crippen LogP contribution >= 0.6 is 69.9 Å². The van der Waals surface area contributed by atoms with E-state index >= 15 is 0 Å². The summed E-state index contributed by atoms with van der Waals surface area (Å²) in [5.74, 6) is 4.29. The Kier molecular flexibility index (Phi) is 28.1. The number of anilines is 1. The van der Waals surface area contributed by atoms with Crippen molar-refractivity contribution in [1.82, 2.24) is 70.4 Å². The zero-order valence-electron chi connectivity index (χ0n) is 60.3. The van der Waals surface area contributed by atoms with E-state index in [-0.39, 0.29) is 17.1 Å². The molecule has 107 heavy (non-hydrogen) atoms. The second kappa shape index (κ2) is 37.7. The molecule has 0 fully saturated rings. The Morgan fingerprint density at radius 3 is 1.81 bits per heavy atom. The molecule has 0 bridgehead atoms. The Bertz CT molecular complexity index is 5070. The zero-order valence-corrected chi connectivity index (χ0v) is 64.9. The van der Waals surface area contributed by atoms with Crippen molar-refractivity contribution in [2.45, 2.75) is 89.6 Å². The van der Waals surface area contributed by atoms with E-state index in [4.69, 9.17) is 75.2 Å². The Morgan fingerprint density at radius 2 is 1.23 bits per heavy atom. The lowest BCUT2D eigenvalue weighted by atomic mass is 9.69. The van der Waals surface area contributed by atoms with Gasteiger partial charge in [0.05, 0.1) is 47.6 Å². The molecule has 11 aromatic rings. The van der Waals surface area contributed by atoms with Crippen LogP contribution in [-0.4, -0.2) is 122 Å². The highest BCUT2D eigenvalue weighted by molar-refractivity contribution is 7.99. The van der Waals surface area contributed by atoms with E-state index in [0.29, 0.717) is 93.5 Å². The number of aromatic amines is 1. The molecule has 2 aliphatic rings. The van der Waals surface area contributed by atoms with Gasteiger partial charge in [-0.2, -0.15) is 5.10 Å². The fraction of sp³-hybridized carbons (Fsp3) is 0.303. The van der Waals surface area contributed by atoms with Gasteiger partial charge in [-0.3, -0.25) is 28.8 Å². The number of benzene rings is 7. The fourth-order valence-electron chi connectivity index (χ4n) is 11.9. The average Bonchev–Trinajstić information content (AvgIpc) is 1.69. The number of aliphatic carboxylic acids is 1. The lowest BCUT2D eigenvalue weighted by Gasteiger charge is -2.38. The molecule has 1 atom stereocenters. The van der Waals surface area contributed by atoms with Crippen LogP contribution in [0, 0.1) is 12.3 Å². The van der Waals surface area contributed by atoms with Crippen molar-refractivity contribution in [1.29, 1.82) is 0 Å². The summed E-state index contributed by atoms with van der Waals surface area (Å²) in [6.07, 6.45) is 1.30. The molecule has 0 amide bonds. The minimum atomic E-state index is -1.16. The summed E-state index contributed by atoms with van der Waals surface area (Å²) in [4.78, 5) is 47.4. The average molecular weight is 1570 g/mol. The summed E-state index contributed by atoms with van der Waals surface area (Å²) >= 11 is 29.0. The van der Waals surface area contributed by atoms with E-state index in [9.17, 15) is 19.2 Å². The number of methoxy groups -OCH3 is 2. The highest BCUT2D eigenvalue weighted by Crippen LogP contribution is 2.52. The highest BCUT2D eigenvalue weighted by atomic mass is 35.5. The summed E-state index contributed by atoms with van der Waals surface area (Å²) in [6.45, 7) is 11.9. The molecule has 7 aromatic carbocycles. The van der Waals surface area contributed by atoms with Gasteiger partial charge >= 0.3 is 17.1 Å². The minimum absolute atomic E-state index is 0.0967. The predicted octanol–water partition coefficient (Wildman–Crippen LogP) is 13.7. The van der Waals surface area contributed by atoms with Gasteiger partial charge in [-0.25, -0.2) is 9.36 Å². The Hall–Kier alpha value is -9.71. The van der Waals surface area contributed by atoms with Crippen LogP contribution in [-0.2, 0) is 63.6 Å². The van der Waals surface area contributed by atoms with Gasteiger partial charge in [0.1, 0.15) is 25.5 Å². The molecule has 1 aliphatic carbocycles. The first kappa shape index (κ1) is 79.8. The predicted molar refractivity (Wildman–Crippen MR) is 418 cm³/mol. The maximum Gasteiger partial charge on any atom is 0.323 e. The number of nitrogens with one attached hydrogen (secondary N) is 4. The van der Waals surface area contributed by atoms with Crippen LogP contribution in [0.1, 0.15) is 78.5 Å². The highest BCUT2D eigenvalue weighted by Gasteiger charge is 2.43. The quantitative estimate of drug-likeness (QED) is 0.0191. The van der Waals surface area contributed by atoms with Gasteiger partial charge in [-0.15, -0.1) is 10.2 Å². The lowest BCUT2D eigenvalue weighted by Crippen LogP contribution is -2.41. The number of carbonyl (C=O) groups is 2. The van der Waals surface area contributed by atoms with E-state index in [1.807, 2.05) is 130 Å². The maximum absolute atomic E-state index is 13.4. The molecular formula is C76H81Cl4N15O10S2. The number of hydrogen-bond acceptors (Lipinski definition) is 21. The normalized spacial score (nSPS) is 13.4. The summed E-state index contributed by atoms with van der Waals surface area (Å²) in [5.41, 5.74) is 10.00. The van der Waals surface area contributed by atoms with E-state index in [2.05, 4.69) is 90.1 Å². The van der Waals surface area contributed by atoms with Gasteiger partial charge in [-0.05, 0) is 142 Å². The molecule has 1 unspecified atom stereocenters. The maximum atomic E-state index is 13.4. The largest absolute Gasteiger partial charge is 0.497 e. The van der Waals surface area contributed by atoms with Crippen LogP contribution in [0.5, 0.6) is 28.7 Å². The van der Waals surface area contributed by atoms with Gasteiger partial charge in [-0.1, -0.05) is 162 Å². The van der Waals surface area contributed by atoms with Crippen LogP contribution in [0.25, 0.3) is 22.3 Å². The molecule has 31 heteroatoms. The molecule has 4 aromatic heterocycles. The number of ketones is 1. The molecular weight excluding hydrogens is 1490 g/mol. The van der Waals surface area contributed by atoms with Crippen molar-refractivity contribution >= 4 is 98.5 Å². The van der Waals surface area contributed by atoms with E-state index in [1.165, 1.54) is 17.2 Å². The number of aromatic nitrogens is 12. The molecule has 0 spiro atoms. The summed E-state index contributed by atoms with van der Waals surface area (Å²) in [7, 11) is 8.40.